The van der Waals surface area contributed by atoms with Crippen molar-refractivity contribution in [2.24, 2.45) is 0 Å². The number of nitrogens with two attached hydrogens (primary N) is 1. The van der Waals surface area contributed by atoms with Gasteiger partial charge in [0.2, 0.25) is 0 Å². The number of rotatable bonds is 5. The van der Waals surface area contributed by atoms with Gasteiger partial charge in [0.05, 0.1) is 17.0 Å². The van der Waals surface area contributed by atoms with E-state index in [1.54, 1.807) is 10.3 Å². The molecule has 94 valence electrons. The maximum Gasteiger partial charge on any atom is 0.307 e. The Hall–Kier alpha value is -1.56. The Kier molecular flexibility index (Phi) is 4.51. The third-order valence-electron chi connectivity index (χ3n) is 2.50. The first kappa shape index (κ1) is 13.5. The fourth-order valence-corrected chi connectivity index (χ4v) is 2.42. The zero-order chi connectivity index (χ0) is 13.0. The lowest BCUT2D eigenvalue weighted by atomic mass is 10.1. The van der Waals surface area contributed by atoms with E-state index in [-0.39, 0.29) is 12.3 Å². The molecule has 17 heavy (non-hydrogen) atoms. The van der Waals surface area contributed by atoms with E-state index in [1.807, 2.05) is 13.8 Å². The van der Waals surface area contributed by atoms with E-state index in [2.05, 4.69) is 0 Å². The molecule has 0 aliphatic heterocycles. The number of nitrogen functional groups attached to an aromatic ring is 1. The van der Waals surface area contributed by atoms with Crippen molar-refractivity contribution >= 4 is 28.2 Å². The molecular weight excluding hydrogens is 240 g/mol. The molecular formula is C11H16N2O3S. The van der Waals surface area contributed by atoms with Gasteiger partial charge in [-0.15, -0.1) is 11.3 Å². The first-order valence-electron chi connectivity index (χ1n) is 5.38. The molecule has 1 rings (SSSR count). The predicted octanol–water partition coefficient (Wildman–Crippen LogP) is 1.44. The summed E-state index contributed by atoms with van der Waals surface area (Å²) in [7, 11) is 0. The van der Waals surface area contributed by atoms with Crippen LogP contribution in [0.15, 0.2) is 5.38 Å². The summed E-state index contributed by atoms with van der Waals surface area (Å²) >= 11 is 1.21. The maximum absolute atomic E-state index is 12.2. The molecule has 0 saturated heterocycles. The van der Waals surface area contributed by atoms with E-state index < -0.39 is 5.97 Å². The van der Waals surface area contributed by atoms with E-state index in [1.165, 1.54) is 11.3 Å². The summed E-state index contributed by atoms with van der Waals surface area (Å²) in [6.45, 7) is 4.91. The highest BCUT2D eigenvalue weighted by atomic mass is 32.1. The molecule has 0 atom stereocenters. The lowest BCUT2D eigenvalue weighted by molar-refractivity contribution is -0.136. The Morgan fingerprint density at radius 1 is 1.41 bits per heavy atom. The van der Waals surface area contributed by atoms with Gasteiger partial charge < -0.3 is 15.7 Å². The molecule has 6 heteroatoms. The Balaban J connectivity index is 3.07. The molecule has 0 radical (unpaired) electrons. The largest absolute Gasteiger partial charge is 0.481 e. The van der Waals surface area contributed by atoms with Crippen molar-refractivity contribution < 1.29 is 14.7 Å². The van der Waals surface area contributed by atoms with Crippen LogP contribution in [0.2, 0.25) is 0 Å². The van der Waals surface area contributed by atoms with E-state index in [9.17, 15) is 9.59 Å². The number of thiophene rings is 1. The van der Waals surface area contributed by atoms with Gasteiger partial charge in [0.1, 0.15) is 0 Å². The Morgan fingerprint density at radius 3 is 2.47 bits per heavy atom. The lowest BCUT2D eigenvalue weighted by Crippen LogP contribution is -2.31. The third-order valence-corrected chi connectivity index (χ3v) is 3.36. The van der Waals surface area contributed by atoms with Crippen LogP contribution in [0.25, 0.3) is 0 Å². The minimum absolute atomic E-state index is 0.171. The summed E-state index contributed by atoms with van der Waals surface area (Å²) in [4.78, 5) is 24.5. The summed E-state index contributed by atoms with van der Waals surface area (Å²) in [6.07, 6.45) is -0.171. The van der Waals surface area contributed by atoms with Crippen molar-refractivity contribution in [3.63, 3.8) is 0 Å². The zero-order valence-corrected chi connectivity index (χ0v) is 10.7. The molecule has 1 amide bonds. The molecule has 0 aliphatic carbocycles. The molecule has 3 N–H and O–H groups in total. The number of aliphatic carboxylic acids is 1. The number of carboxylic acids is 1. The van der Waals surface area contributed by atoms with Crippen LogP contribution in [0.4, 0.5) is 5.00 Å². The van der Waals surface area contributed by atoms with Crippen LogP contribution in [0.1, 0.15) is 29.8 Å². The van der Waals surface area contributed by atoms with E-state index in [4.69, 9.17) is 10.8 Å². The fourth-order valence-electron chi connectivity index (χ4n) is 1.62. The van der Waals surface area contributed by atoms with Crippen molar-refractivity contribution in [3.8, 4) is 0 Å². The number of hydrogen-bond donors (Lipinski definition) is 2. The molecule has 0 spiro atoms. The monoisotopic (exact) mass is 256 g/mol. The number of nitrogens with zero attached hydrogens (tertiary/aromatic N) is 1. The van der Waals surface area contributed by atoms with Crippen LogP contribution in [0.5, 0.6) is 0 Å². The highest BCUT2D eigenvalue weighted by Crippen LogP contribution is 2.27. The van der Waals surface area contributed by atoms with Gasteiger partial charge in [-0.05, 0) is 24.8 Å². The van der Waals surface area contributed by atoms with Crippen LogP contribution >= 0.6 is 11.3 Å². The van der Waals surface area contributed by atoms with Gasteiger partial charge in [0, 0.05) is 13.1 Å². The highest BCUT2D eigenvalue weighted by molar-refractivity contribution is 7.14. The van der Waals surface area contributed by atoms with Crippen molar-refractivity contribution in [3.05, 3.63) is 16.5 Å². The van der Waals surface area contributed by atoms with Crippen LogP contribution in [0.3, 0.4) is 0 Å². The van der Waals surface area contributed by atoms with Gasteiger partial charge in [-0.25, -0.2) is 0 Å². The highest BCUT2D eigenvalue weighted by Gasteiger charge is 2.22. The second kappa shape index (κ2) is 5.67. The fraction of sp³-hybridized carbons (Fsp3) is 0.455. The molecule has 0 aromatic carbocycles. The van der Waals surface area contributed by atoms with E-state index >= 15 is 0 Å². The minimum Gasteiger partial charge on any atom is -0.481 e. The molecule has 0 unspecified atom stereocenters. The topological polar surface area (TPSA) is 83.6 Å². The quantitative estimate of drug-likeness (QED) is 0.835. The molecule has 0 fully saturated rings. The van der Waals surface area contributed by atoms with Gasteiger partial charge in [0.15, 0.2) is 0 Å². The summed E-state index contributed by atoms with van der Waals surface area (Å²) in [5.41, 5.74) is 6.59. The predicted molar refractivity (Wildman–Crippen MR) is 67.3 cm³/mol. The second-order valence-corrected chi connectivity index (χ2v) is 4.46. The number of anilines is 1. The number of hydrogen-bond acceptors (Lipinski definition) is 4. The average molecular weight is 256 g/mol. The van der Waals surface area contributed by atoms with Gasteiger partial charge in [0.25, 0.3) is 5.91 Å². The summed E-state index contributed by atoms with van der Waals surface area (Å²) < 4.78 is 0. The van der Waals surface area contributed by atoms with Gasteiger partial charge >= 0.3 is 5.97 Å². The third kappa shape index (κ3) is 2.97. The van der Waals surface area contributed by atoms with Crippen molar-refractivity contribution in [2.45, 2.75) is 20.3 Å². The first-order valence-corrected chi connectivity index (χ1v) is 6.26. The van der Waals surface area contributed by atoms with Crippen molar-refractivity contribution in [1.29, 1.82) is 0 Å². The second-order valence-electron chi connectivity index (χ2n) is 3.55. The van der Waals surface area contributed by atoms with Crippen LogP contribution in [-0.4, -0.2) is 35.0 Å². The van der Waals surface area contributed by atoms with E-state index in [0.29, 0.717) is 29.2 Å². The molecule has 1 heterocycles. The summed E-state index contributed by atoms with van der Waals surface area (Å²) in [5.74, 6) is -1.15. The Morgan fingerprint density at radius 2 is 2.00 bits per heavy atom. The average Bonchev–Trinajstić information content (AvgIpc) is 2.60. The van der Waals surface area contributed by atoms with Gasteiger partial charge in [-0.3, -0.25) is 9.59 Å². The number of carbonyl (C=O) groups is 2. The molecule has 0 saturated carbocycles. The first-order chi connectivity index (χ1) is 8.01. The van der Waals surface area contributed by atoms with Gasteiger partial charge in [-0.2, -0.15) is 0 Å². The van der Waals surface area contributed by atoms with Crippen LogP contribution in [0, 0.1) is 0 Å². The molecule has 1 aromatic heterocycles. The zero-order valence-electron chi connectivity index (χ0n) is 9.90. The van der Waals surface area contributed by atoms with Gasteiger partial charge in [-0.1, -0.05) is 0 Å². The van der Waals surface area contributed by atoms with E-state index in [0.717, 1.165) is 0 Å². The SMILES string of the molecule is CCN(CC)C(=O)c1c(CC(=O)O)csc1N. The standard InChI is InChI=1S/C11H16N2O3S/c1-3-13(4-2)11(16)9-7(5-8(14)15)6-17-10(9)12/h6H,3-5,12H2,1-2H3,(H,14,15). The lowest BCUT2D eigenvalue weighted by Gasteiger charge is -2.19. The minimum atomic E-state index is -0.962. The van der Waals surface area contributed by atoms with Crippen molar-refractivity contribution in [1.82, 2.24) is 4.90 Å². The smallest absolute Gasteiger partial charge is 0.307 e. The maximum atomic E-state index is 12.2. The number of amides is 1. The Bertz CT molecular complexity index is 424. The summed E-state index contributed by atoms with van der Waals surface area (Å²) in [5, 5.41) is 10.8. The number of carbonyl (C=O) groups excluding carboxylic acids is 1. The van der Waals surface area contributed by atoms with Crippen LogP contribution < -0.4 is 5.73 Å². The summed E-state index contributed by atoms with van der Waals surface area (Å²) in [6, 6.07) is 0. The normalized spacial score (nSPS) is 10.2. The number of carboxylic acid groups (broad SMARTS) is 1. The molecule has 1 aromatic rings. The van der Waals surface area contributed by atoms with Crippen molar-refractivity contribution in [2.75, 3.05) is 18.8 Å². The molecule has 5 nitrogen and oxygen atoms in total. The van der Waals surface area contributed by atoms with Crippen LogP contribution in [-0.2, 0) is 11.2 Å². The molecule has 0 aliphatic rings. The molecule has 0 bridgehead atoms. The Labute approximate surface area is 104 Å².